The van der Waals surface area contributed by atoms with Gasteiger partial charge in [0.05, 0.1) is 5.56 Å². The molecule has 0 radical (unpaired) electrons. The minimum atomic E-state index is -1.35. The molecule has 0 bridgehead atoms. The van der Waals surface area contributed by atoms with Crippen LogP contribution in [0.2, 0.25) is 5.02 Å². The van der Waals surface area contributed by atoms with Gasteiger partial charge in [-0.25, -0.2) is 8.78 Å². The van der Waals surface area contributed by atoms with Crippen LogP contribution in [0.15, 0.2) is 30.3 Å². The van der Waals surface area contributed by atoms with Crippen LogP contribution in [0.4, 0.5) is 8.78 Å². The van der Waals surface area contributed by atoms with Gasteiger partial charge in [0.1, 0.15) is 17.7 Å². The first-order chi connectivity index (χ1) is 8.91. The van der Waals surface area contributed by atoms with Crippen molar-refractivity contribution < 1.29 is 13.9 Å². The quantitative estimate of drug-likeness (QED) is 0.870. The van der Waals surface area contributed by atoms with Crippen molar-refractivity contribution in [3.05, 3.63) is 69.2 Å². The van der Waals surface area contributed by atoms with E-state index in [1.54, 1.807) is 25.1 Å². The zero-order valence-corrected chi connectivity index (χ0v) is 11.3. The zero-order valence-electron chi connectivity index (χ0n) is 10.5. The summed E-state index contributed by atoms with van der Waals surface area (Å²) < 4.78 is 27.7. The van der Waals surface area contributed by atoms with Crippen LogP contribution in [0.5, 0.6) is 0 Å². The van der Waals surface area contributed by atoms with Crippen molar-refractivity contribution in [3.63, 3.8) is 0 Å². The Morgan fingerprint density at radius 3 is 2.37 bits per heavy atom. The van der Waals surface area contributed by atoms with Crippen molar-refractivity contribution in [2.75, 3.05) is 0 Å². The normalized spacial score (nSPS) is 12.5. The van der Waals surface area contributed by atoms with Crippen LogP contribution >= 0.6 is 11.6 Å². The molecule has 1 nitrogen and oxygen atoms in total. The van der Waals surface area contributed by atoms with Gasteiger partial charge in [-0.05, 0) is 42.7 Å². The number of hydrogen-bond donors (Lipinski definition) is 1. The van der Waals surface area contributed by atoms with E-state index >= 15 is 0 Å². The largest absolute Gasteiger partial charge is 0.383 e. The highest BCUT2D eigenvalue weighted by Crippen LogP contribution is 2.30. The Balaban J connectivity index is 2.52. The van der Waals surface area contributed by atoms with Crippen LogP contribution in [0.1, 0.15) is 28.4 Å². The summed E-state index contributed by atoms with van der Waals surface area (Å²) in [4.78, 5) is 0. The van der Waals surface area contributed by atoms with Crippen LogP contribution in [0.3, 0.4) is 0 Å². The van der Waals surface area contributed by atoms with Crippen LogP contribution < -0.4 is 0 Å². The predicted octanol–water partition coefficient (Wildman–Crippen LogP) is 4.32. The lowest BCUT2D eigenvalue weighted by atomic mass is 9.97. The Morgan fingerprint density at radius 1 is 1.05 bits per heavy atom. The second-order valence-electron chi connectivity index (χ2n) is 4.50. The number of aliphatic hydroxyl groups excluding tert-OH is 1. The monoisotopic (exact) mass is 282 g/mol. The van der Waals surface area contributed by atoms with Gasteiger partial charge in [-0.2, -0.15) is 0 Å². The van der Waals surface area contributed by atoms with Gasteiger partial charge >= 0.3 is 0 Å². The minimum absolute atomic E-state index is 0.293. The Kier molecular flexibility index (Phi) is 3.88. The van der Waals surface area contributed by atoms with Gasteiger partial charge in [0, 0.05) is 5.02 Å². The molecule has 19 heavy (non-hydrogen) atoms. The van der Waals surface area contributed by atoms with E-state index in [0.29, 0.717) is 16.1 Å². The lowest BCUT2D eigenvalue weighted by Gasteiger charge is -2.15. The second kappa shape index (κ2) is 5.27. The van der Waals surface area contributed by atoms with Crippen LogP contribution in [0, 0.1) is 25.5 Å². The van der Waals surface area contributed by atoms with E-state index in [9.17, 15) is 13.9 Å². The fourth-order valence-corrected chi connectivity index (χ4v) is 2.05. The molecule has 0 aliphatic carbocycles. The van der Waals surface area contributed by atoms with E-state index in [2.05, 4.69) is 0 Å². The molecule has 0 heterocycles. The molecule has 2 aromatic carbocycles. The highest BCUT2D eigenvalue weighted by Gasteiger charge is 2.21. The number of aliphatic hydroxyl groups is 1. The van der Waals surface area contributed by atoms with Gasteiger partial charge in [-0.3, -0.25) is 0 Å². The van der Waals surface area contributed by atoms with E-state index in [0.717, 1.165) is 11.6 Å². The molecule has 0 saturated carbocycles. The highest BCUT2D eigenvalue weighted by molar-refractivity contribution is 6.31. The molecular formula is C15H13ClF2O. The van der Waals surface area contributed by atoms with Crippen LogP contribution in [-0.4, -0.2) is 5.11 Å². The van der Waals surface area contributed by atoms with Crippen molar-refractivity contribution >= 4 is 11.6 Å². The highest BCUT2D eigenvalue weighted by atomic mass is 35.5. The molecule has 0 fully saturated rings. The fourth-order valence-electron chi connectivity index (χ4n) is 1.93. The number of aryl methyl sites for hydroxylation is 2. The van der Waals surface area contributed by atoms with E-state index in [4.69, 9.17) is 11.6 Å². The first-order valence-electron chi connectivity index (χ1n) is 5.80. The third kappa shape index (κ3) is 2.62. The Labute approximate surface area is 115 Å². The second-order valence-corrected chi connectivity index (χ2v) is 4.91. The van der Waals surface area contributed by atoms with Crippen molar-refractivity contribution in [1.29, 1.82) is 0 Å². The lowest BCUT2D eigenvalue weighted by molar-refractivity contribution is 0.208. The summed E-state index contributed by atoms with van der Waals surface area (Å²) in [5.74, 6) is -1.48. The van der Waals surface area contributed by atoms with Gasteiger partial charge in [0.25, 0.3) is 0 Å². The molecule has 2 rings (SSSR count). The van der Waals surface area contributed by atoms with Crippen molar-refractivity contribution in [2.45, 2.75) is 20.0 Å². The molecule has 0 aromatic heterocycles. The van der Waals surface area contributed by atoms with Gasteiger partial charge in [-0.15, -0.1) is 0 Å². The molecule has 1 N–H and O–H groups in total. The predicted molar refractivity (Wildman–Crippen MR) is 71.3 cm³/mol. The van der Waals surface area contributed by atoms with E-state index in [1.807, 2.05) is 0 Å². The Hall–Kier alpha value is -1.45. The molecule has 4 heteroatoms. The average molecular weight is 283 g/mol. The SMILES string of the molecule is Cc1cc(C(O)c2c(F)ccc(C)c2F)ccc1Cl. The maximum Gasteiger partial charge on any atom is 0.135 e. The Bertz CT molecular complexity index is 626. The summed E-state index contributed by atoms with van der Waals surface area (Å²) >= 11 is 5.89. The average Bonchev–Trinajstić information content (AvgIpc) is 2.37. The number of halogens is 3. The van der Waals surface area contributed by atoms with Gasteiger partial charge in [-0.1, -0.05) is 29.8 Å². The summed E-state index contributed by atoms with van der Waals surface area (Å²) in [6, 6.07) is 7.27. The maximum atomic E-state index is 14.0. The molecule has 0 aliphatic rings. The van der Waals surface area contributed by atoms with E-state index in [1.165, 1.54) is 13.0 Å². The molecule has 0 aliphatic heterocycles. The number of benzene rings is 2. The van der Waals surface area contributed by atoms with Crippen LogP contribution in [0.25, 0.3) is 0 Å². The smallest absolute Gasteiger partial charge is 0.135 e. The molecule has 1 unspecified atom stereocenters. The summed E-state index contributed by atoms with van der Waals surface area (Å²) in [6.07, 6.45) is -1.35. The van der Waals surface area contributed by atoms with Crippen molar-refractivity contribution in [3.8, 4) is 0 Å². The molecule has 100 valence electrons. The summed E-state index contributed by atoms with van der Waals surface area (Å²) in [5.41, 5.74) is 1.11. The third-order valence-corrected chi connectivity index (χ3v) is 3.51. The Morgan fingerprint density at radius 2 is 1.74 bits per heavy atom. The lowest BCUT2D eigenvalue weighted by Crippen LogP contribution is -2.07. The number of rotatable bonds is 2. The zero-order chi connectivity index (χ0) is 14.2. The van der Waals surface area contributed by atoms with Crippen molar-refractivity contribution in [1.82, 2.24) is 0 Å². The molecule has 0 spiro atoms. The maximum absolute atomic E-state index is 14.0. The first-order valence-corrected chi connectivity index (χ1v) is 6.18. The van der Waals surface area contributed by atoms with Crippen LogP contribution in [-0.2, 0) is 0 Å². The van der Waals surface area contributed by atoms with E-state index in [-0.39, 0.29) is 5.56 Å². The van der Waals surface area contributed by atoms with E-state index < -0.39 is 17.7 Å². The standard InChI is InChI=1S/C15H13ClF2O/c1-8-3-6-12(17)13(14(8)18)15(19)10-4-5-11(16)9(2)7-10/h3-7,15,19H,1-2H3. The third-order valence-electron chi connectivity index (χ3n) is 3.09. The van der Waals surface area contributed by atoms with Gasteiger partial charge in [0.2, 0.25) is 0 Å². The summed E-state index contributed by atoms with van der Waals surface area (Å²) in [7, 11) is 0. The van der Waals surface area contributed by atoms with Crippen molar-refractivity contribution in [2.24, 2.45) is 0 Å². The first kappa shape index (κ1) is 14.0. The molecule has 1 atom stereocenters. The summed E-state index contributed by atoms with van der Waals surface area (Å²) in [5, 5.41) is 10.7. The molecule has 2 aromatic rings. The molecule has 0 saturated heterocycles. The van der Waals surface area contributed by atoms with Gasteiger partial charge in [0.15, 0.2) is 0 Å². The molecular weight excluding hydrogens is 270 g/mol. The fraction of sp³-hybridized carbons (Fsp3) is 0.200. The topological polar surface area (TPSA) is 20.2 Å². The minimum Gasteiger partial charge on any atom is -0.383 e. The molecule has 0 amide bonds. The summed E-state index contributed by atoms with van der Waals surface area (Å²) in [6.45, 7) is 3.29. The van der Waals surface area contributed by atoms with Gasteiger partial charge < -0.3 is 5.11 Å². The number of hydrogen-bond acceptors (Lipinski definition) is 1.